The molecule has 1 aliphatic carbocycles. The molecule has 4 rings (SSSR count). The van der Waals surface area contributed by atoms with Gasteiger partial charge >= 0.3 is 5.97 Å². The molecule has 1 N–H and O–H groups in total. The molecule has 1 aliphatic rings. The average molecular weight is 421 g/mol. The topological polar surface area (TPSA) is 86.1 Å². The van der Waals surface area contributed by atoms with Gasteiger partial charge in [-0.2, -0.15) is 5.10 Å². The number of hydrogen-bond donors (Lipinski definition) is 1. The third kappa shape index (κ3) is 4.45. The molecule has 162 valence electrons. The zero-order valence-corrected chi connectivity index (χ0v) is 18.3. The maximum Gasteiger partial charge on any atom is 0.340 e. The third-order valence-corrected chi connectivity index (χ3v) is 5.86. The molecule has 0 atom stereocenters. The molecule has 7 nitrogen and oxygen atoms in total. The molecule has 1 fully saturated rings. The first-order valence-electron chi connectivity index (χ1n) is 10.9. The predicted octanol–water partition coefficient (Wildman–Crippen LogP) is 4.04. The quantitative estimate of drug-likeness (QED) is 0.439. The highest BCUT2D eigenvalue weighted by molar-refractivity contribution is 6.09. The number of nitrogens with zero attached hydrogens (tertiary/aromatic N) is 3. The first-order chi connectivity index (χ1) is 15.0. The number of pyridine rings is 1. The minimum Gasteiger partial charge on any atom is -0.462 e. The Hall–Kier alpha value is -3.22. The summed E-state index contributed by atoms with van der Waals surface area (Å²) in [5.74, 6) is 0.151. The Kier molecular flexibility index (Phi) is 6.02. The lowest BCUT2D eigenvalue weighted by molar-refractivity contribution is 0.0528. The van der Waals surface area contributed by atoms with Gasteiger partial charge in [0.2, 0.25) is 0 Å². The molecule has 0 bridgehead atoms. The van der Waals surface area contributed by atoms with Crippen LogP contribution in [0.5, 0.6) is 0 Å². The molecule has 0 spiro atoms. The van der Waals surface area contributed by atoms with Crippen LogP contribution in [0.2, 0.25) is 0 Å². The summed E-state index contributed by atoms with van der Waals surface area (Å²) in [7, 11) is 1.87. The van der Waals surface area contributed by atoms with Gasteiger partial charge in [-0.3, -0.25) is 9.48 Å². The molecule has 2 aromatic heterocycles. The van der Waals surface area contributed by atoms with Gasteiger partial charge in [-0.1, -0.05) is 25.0 Å². The van der Waals surface area contributed by atoms with Gasteiger partial charge in [-0.25, -0.2) is 9.78 Å². The van der Waals surface area contributed by atoms with Gasteiger partial charge in [-0.05, 0) is 50.3 Å². The van der Waals surface area contributed by atoms with Gasteiger partial charge < -0.3 is 10.1 Å². The summed E-state index contributed by atoms with van der Waals surface area (Å²) in [4.78, 5) is 30.1. The number of nitrogens with one attached hydrogen (secondary N) is 1. The highest BCUT2D eigenvalue weighted by Gasteiger charge is 2.22. The molecule has 0 aliphatic heterocycles. The van der Waals surface area contributed by atoms with Gasteiger partial charge in [0.05, 0.1) is 23.9 Å². The van der Waals surface area contributed by atoms with E-state index in [0.29, 0.717) is 17.6 Å². The van der Waals surface area contributed by atoms with Crippen molar-refractivity contribution in [1.82, 2.24) is 20.1 Å². The van der Waals surface area contributed by atoms with E-state index in [1.165, 1.54) is 12.8 Å². The van der Waals surface area contributed by atoms with Crippen LogP contribution in [0.15, 0.2) is 30.5 Å². The van der Waals surface area contributed by atoms with Crippen molar-refractivity contribution >= 4 is 22.8 Å². The van der Waals surface area contributed by atoms with Crippen molar-refractivity contribution in [2.75, 3.05) is 13.2 Å². The largest absolute Gasteiger partial charge is 0.462 e. The Morgan fingerprint density at radius 3 is 2.74 bits per heavy atom. The van der Waals surface area contributed by atoms with Crippen LogP contribution < -0.4 is 5.32 Å². The molecule has 3 aromatic rings. The molecule has 2 heterocycles. The van der Waals surface area contributed by atoms with E-state index in [2.05, 4.69) is 15.4 Å². The lowest BCUT2D eigenvalue weighted by Crippen LogP contribution is -2.25. The summed E-state index contributed by atoms with van der Waals surface area (Å²) in [6, 6.07) is 7.19. The van der Waals surface area contributed by atoms with Crippen molar-refractivity contribution in [2.45, 2.75) is 39.5 Å². The van der Waals surface area contributed by atoms with E-state index in [4.69, 9.17) is 4.74 Å². The smallest absolute Gasteiger partial charge is 0.340 e. The average Bonchev–Trinajstić information content (AvgIpc) is 3.54. The van der Waals surface area contributed by atoms with E-state index in [0.717, 1.165) is 41.0 Å². The van der Waals surface area contributed by atoms with Crippen molar-refractivity contribution in [3.63, 3.8) is 0 Å². The number of carbonyl (C=O) groups excluding carboxylic acids is 2. The summed E-state index contributed by atoms with van der Waals surface area (Å²) in [6.07, 6.45) is 6.51. The molecule has 1 aromatic carbocycles. The van der Waals surface area contributed by atoms with Crippen molar-refractivity contribution in [3.05, 3.63) is 47.4 Å². The maximum atomic E-state index is 12.9. The lowest BCUT2D eigenvalue weighted by atomic mass is 9.98. The summed E-state index contributed by atoms with van der Waals surface area (Å²) >= 11 is 0. The zero-order valence-electron chi connectivity index (χ0n) is 18.3. The number of amides is 1. The van der Waals surface area contributed by atoms with Crippen molar-refractivity contribution < 1.29 is 14.3 Å². The molecule has 0 radical (unpaired) electrons. The molecule has 0 saturated heterocycles. The van der Waals surface area contributed by atoms with Gasteiger partial charge in [0, 0.05) is 30.2 Å². The second-order valence-corrected chi connectivity index (χ2v) is 8.09. The summed E-state index contributed by atoms with van der Waals surface area (Å²) in [6.45, 7) is 4.63. The second kappa shape index (κ2) is 8.88. The van der Waals surface area contributed by atoms with Gasteiger partial charge in [0.15, 0.2) is 0 Å². The molecule has 7 heteroatoms. The number of aryl methyl sites for hydroxylation is 1. The van der Waals surface area contributed by atoms with Crippen molar-refractivity contribution in [3.8, 4) is 11.1 Å². The minimum absolute atomic E-state index is 0.237. The van der Waals surface area contributed by atoms with Crippen LogP contribution in [-0.4, -0.2) is 39.8 Å². The van der Waals surface area contributed by atoms with E-state index in [1.54, 1.807) is 29.9 Å². The van der Waals surface area contributed by atoms with Crippen LogP contribution in [0.4, 0.5) is 0 Å². The van der Waals surface area contributed by atoms with E-state index in [9.17, 15) is 9.59 Å². The Balaban J connectivity index is 1.76. The Morgan fingerprint density at radius 1 is 1.26 bits per heavy atom. The zero-order chi connectivity index (χ0) is 22.0. The highest BCUT2D eigenvalue weighted by atomic mass is 16.5. The van der Waals surface area contributed by atoms with E-state index < -0.39 is 5.97 Å². The van der Waals surface area contributed by atoms with Gasteiger partial charge in [0.25, 0.3) is 5.91 Å². The fourth-order valence-corrected chi connectivity index (χ4v) is 3.81. The number of benzene rings is 1. The highest BCUT2D eigenvalue weighted by Crippen LogP contribution is 2.34. The number of rotatable bonds is 8. The van der Waals surface area contributed by atoms with Crippen molar-refractivity contribution in [2.24, 2.45) is 13.0 Å². The summed E-state index contributed by atoms with van der Waals surface area (Å²) in [5.41, 5.74) is 3.79. The number of hydrogen-bond acceptors (Lipinski definition) is 5. The number of fused-ring (bicyclic) bond motifs is 1. The van der Waals surface area contributed by atoms with Gasteiger partial charge in [0.1, 0.15) is 5.69 Å². The summed E-state index contributed by atoms with van der Waals surface area (Å²) in [5, 5.41) is 8.11. The number of ether oxygens (including phenoxy) is 1. The fourth-order valence-electron chi connectivity index (χ4n) is 3.81. The molecule has 0 unspecified atom stereocenters. The molecular formula is C24H28N4O3. The van der Waals surface area contributed by atoms with E-state index >= 15 is 0 Å². The minimum atomic E-state index is -0.448. The monoisotopic (exact) mass is 420 g/mol. The van der Waals surface area contributed by atoms with Crippen LogP contribution in [0.25, 0.3) is 22.0 Å². The predicted molar refractivity (Wildman–Crippen MR) is 119 cm³/mol. The lowest BCUT2D eigenvalue weighted by Gasteiger charge is -2.12. The van der Waals surface area contributed by atoms with Crippen LogP contribution in [-0.2, 0) is 11.8 Å². The van der Waals surface area contributed by atoms with E-state index in [1.807, 2.05) is 26.1 Å². The number of esters is 1. The molecule has 31 heavy (non-hydrogen) atoms. The van der Waals surface area contributed by atoms with Crippen LogP contribution >= 0.6 is 0 Å². The van der Waals surface area contributed by atoms with Gasteiger partial charge in [-0.15, -0.1) is 0 Å². The van der Waals surface area contributed by atoms with Crippen LogP contribution in [0.3, 0.4) is 0 Å². The first-order valence-corrected chi connectivity index (χ1v) is 10.9. The van der Waals surface area contributed by atoms with E-state index in [-0.39, 0.29) is 18.2 Å². The Morgan fingerprint density at radius 2 is 2.06 bits per heavy atom. The molecule has 1 saturated carbocycles. The fraction of sp³-hybridized carbons (Fsp3) is 0.417. The van der Waals surface area contributed by atoms with Crippen LogP contribution in [0, 0.1) is 12.8 Å². The Labute approximate surface area is 181 Å². The maximum absolute atomic E-state index is 12.9. The summed E-state index contributed by atoms with van der Waals surface area (Å²) < 4.78 is 7.01. The Bertz CT molecular complexity index is 1130. The molecular weight excluding hydrogens is 392 g/mol. The number of aromatic nitrogens is 3. The van der Waals surface area contributed by atoms with Crippen molar-refractivity contribution in [1.29, 1.82) is 0 Å². The first kappa shape index (κ1) is 21.0. The second-order valence-electron chi connectivity index (χ2n) is 8.09. The standard InChI is InChI=1S/C24H28N4O3/c1-4-31-24(30)18-9-5-8-17-19(20-14-26-28(3)15(20)2)13-21(27-22(17)18)23(29)25-12-6-7-16-10-11-16/h5,8-9,13-14,16H,4,6-7,10-12H2,1-3H3,(H,25,29). The number of carbonyl (C=O) groups is 2. The SMILES string of the molecule is CCOC(=O)c1cccc2c(-c3cnn(C)c3C)cc(C(=O)NCCCC3CC3)nc12. The third-order valence-electron chi connectivity index (χ3n) is 5.86. The number of para-hydroxylation sites is 1. The molecule has 1 amide bonds. The van der Waals surface area contributed by atoms with Crippen LogP contribution in [0.1, 0.15) is 59.1 Å². The normalized spacial score (nSPS) is 13.4.